The van der Waals surface area contributed by atoms with E-state index in [0.717, 1.165) is 22.4 Å². The maximum absolute atomic E-state index is 12.4. The van der Waals surface area contributed by atoms with Crippen molar-refractivity contribution in [2.24, 2.45) is 0 Å². The van der Waals surface area contributed by atoms with Crippen LogP contribution in [0.15, 0.2) is 79.1 Å². The number of aryl methyl sites for hydroxylation is 1. The van der Waals surface area contributed by atoms with E-state index in [1.807, 2.05) is 63.2 Å². The van der Waals surface area contributed by atoms with Crippen LogP contribution in [0.25, 0.3) is 0 Å². The fraction of sp³-hybridized carbons (Fsp3) is 0.241. The minimum absolute atomic E-state index is 0.207. The van der Waals surface area contributed by atoms with Gasteiger partial charge < -0.3 is 15.4 Å². The van der Waals surface area contributed by atoms with Crippen LogP contribution in [0.4, 0.5) is 39.8 Å². The zero-order valence-corrected chi connectivity index (χ0v) is 22.8. The minimum Gasteiger partial charge on any atom is -0.406 e. The van der Waals surface area contributed by atoms with Gasteiger partial charge in [-0.15, -0.1) is 18.7 Å². The standard InChI is InChI=1S/C29H31F3N6O3/c1-19(2)25-12-7-20(3)17-26(25)34-28(40)35-27(39)33-14-13-21-5-4-6-23(18-21)38-16-15-37(36-38)22-8-10-24(11-9-22)41-29(30,31)32/h4-12,15-19,36H,13-14H2,1-3H3,(H3,33,34,35,39,40). The normalized spacial score (nSPS) is 13.0. The molecule has 4 rings (SSSR count). The van der Waals surface area contributed by atoms with Crippen molar-refractivity contribution >= 4 is 29.1 Å². The molecule has 0 aromatic heterocycles. The van der Waals surface area contributed by atoms with Gasteiger partial charge in [0.1, 0.15) is 5.75 Å². The molecular formula is C29H31F3N6O3. The third-order valence-corrected chi connectivity index (χ3v) is 6.12. The summed E-state index contributed by atoms with van der Waals surface area (Å²) in [5, 5.41) is 11.1. The number of hydrogen-bond acceptors (Lipinski definition) is 6. The summed E-state index contributed by atoms with van der Waals surface area (Å²) in [7, 11) is 0. The molecule has 0 saturated heterocycles. The molecule has 0 atom stereocenters. The second-order valence-corrected chi connectivity index (χ2v) is 9.68. The molecule has 0 radical (unpaired) electrons. The molecule has 1 heterocycles. The van der Waals surface area contributed by atoms with Gasteiger partial charge in [0.05, 0.1) is 11.4 Å². The molecule has 4 amide bonds. The Balaban J connectivity index is 1.25. The average molecular weight is 569 g/mol. The van der Waals surface area contributed by atoms with E-state index in [1.54, 1.807) is 22.4 Å². The third-order valence-electron chi connectivity index (χ3n) is 6.12. The lowest BCUT2D eigenvalue weighted by atomic mass is 9.99. The fourth-order valence-corrected chi connectivity index (χ4v) is 4.18. The highest BCUT2D eigenvalue weighted by atomic mass is 19.4. The smallest absolute Gasteiger partial charge is 0.406 e. The molecule has 0 bridgehead atoms. The Hall–Kier alpha value is -4.71. The van der Waals surface area contributed by atoms with Gasteiger partial charge in [0.25, 0.3) is 0 Å². The number of halogens is 3. The lowest BCUT2D eigenvalue weighted by Gasteiger charge is -2.23. The van der Waals surface area contributed by atoms with Gasteiger partial charge in [-0.3, -0.25) is 15.3 Å². The first-order chi connectivity index (χ1) is 19.5. The Morgan fingerprint density at radius 2 is 1.63 bits per heavy atom. The lowest BCUT2D eigenvalue weighted by Crippen LogP contribution is -2.42. The number of carbonyl (C=O) groups is 2. The molecule has 216 valence electrons. The predicted molar refractivity (Wildman–Crippen MR) is 151 cm³/mol. The second-order valence-electron chi connectivity index (χ2n) is 9.68. The number of urea groups is 2. The van der Waals surface area contributed by atoms with Crippen LogP contribution in [0, 0.1) is 6.92 Å². The van der Waals surface area contributed by atoms with Crippen molar-refractivity contribution in [1.82, 2.24) is 16.2 Å². The zero-order chi connectivity index (χ0) is 29.6. The summed E-state index contributed by atoms with van der Waals surface area (Å²) in [6.07, 6.45) is -0.741. The molecular weight excluding hydrogens is 537 g/mol. The number of nitrogens with zero attached hydrogens (tertiary/aromatic N) is 2. The highest BCUT2D eigenvalue weighted by molar-refractivity contribution is 6.01. The summed E-state index contributed by atoms with van der Waals surface area (Å²) in [5.74, 6) is -0.0958. The van der Waals surface area contributed by atoms with Crippen LogP contribution in [-0.4, -0.2) is 25.0 Å². The van der Waals surface area contributed by atoms with E-state index >= 15 is 0 Å². The number of hydrogen-bond donors (Lipinski definition) is 4. The number of rotatable bonds is 8. The van der Waals surface area contributed by atoms with Crippen molar-refractivity contribution in [2.75, 3.05) is 21.9 Å². The summed E-state index contributed by atoms with van der Waals surface area (Å²) < 4.78 is 41.1. The van der Waals surface area contributed by atoms with Crippen LogP contribution in [0.1, 0.15) is 36.5 Å². The summed E-state index contributed by atoms with van der Waals surface area (Å²) in [6.45, 7) is 6.28. The topological polar surface area (TPSA) is 98.0 Å². The number of imide groups is 1. The van der Waals surface area contributed by atoms with Gasteiger partial charge in [0, 0.05) is 24.6 Å². The second kappa shape index (κ2) is 12.6. The zero-order valence-electron chi connectivity index (χ0n) is 22.8. The van der Waals surface area contributed by atoms with Crippen LogP contribution in [0.3, 0.4) is 0 Å². The lowest BCUT2D eigenvalue weighted by molar-refractivity contribution is -0.274. The SMILES string of the molecule is Cc1ccc(C(C)C)c(NC(=O)NC(=O)NCCc2cccc(N3C=CN(c4ccc(OC(F)(F)F)cc4)N3)c2)c1. The van der Waals surface area contributed by atoms with Crippen molar-refractivity contribution in [2.45, 2.75) is 39.5 Å². The predicted octanol–water partition coefficient (Wildman–Crippen LogP) is 6.31. The number of alkyl halides is 3. The van der Waals surface area contributed by atoms with E-state index in [4.69, 9.17) is 0 Å². The third kappa shape index (κ3) is 8.39. The number of ether oxygens (including phenoxy) is 1. The molecule has 0 spiro atoms. The molecule has 1 aliphatic heterocycles. The molecule has 0 aliphatic carbocycles. The minimum atomic E-state index is -4.75. The Kier molecular flexibility index (Phi) is 9.03. The molecule has 3 aromatic rings. The molecule has 0 fully saturated rings. The fourth-order valence-electron chi connectivity index (χ4n) is 4.18. The van der Waals surface area contributed by atoms with E-state index in [-0.39, 0.29) is 11.7 Å². The van der Waals surface area contributed by atoms with Gasteiger partial charge in [-0.25, -0.2) is 9.59 Å². The molecule has 3 aromatic carbocycles. The van der Waals surface area contributed by atoms with Crippen molar-refractivity contribution in [3.05, 3.63) is 95.8 Å². The van der Waals surface area contributed by atoms with Crippen molar-refractivity contribution in [3.63, 3.8) is 0 Å². The van der Waals surface area contributed by atoms with Crippen LogP contribution < -0.4 is 36.2 Å². The Bertz CT molecular complexity index is 1410. The monoisotopic (exact) mass is 568 g/mol. The summed E-state index contributed by atoms with van der Waals surface area (Å²) in [4.78, 5) is 24.7. The average Bonchev–Trinajstić information content (AvgIpc) is 3.39. The molecule has 0 saturated carbocycles. The maximum Gasteiger partial charge on any atom is 0.573 e. The summed E-state index contributed by atoms with van der Waals surface area (Å²) in [6, 6.07) is 17.6. The number of anilines is 3. The number of benzene rings is 3. The quantitative estimate of drug-likeness (QED) is 0.254. The Morgan fingerprint density at radius 3 is 2.32 bits per heavy atom. The van der Waals surface area contributed by atoms with E-state index in [2.05, 4.69) is 26.2 Å². The highest BCUT2D eigenvalue weighted by Gasteiger charge is 2.31. The van der Waals surface area contributed by atoms with Gasteiger partial charge in [0.2, 0.25) is 0 Å². The highest BCUT2D eigenvalue weighted by Crippen LogP contribution is 2.27. The van der Waals surface area contributed by atoms with E-state index in [9.17, 15) is 22.8 Å². The first kappa shape index (κ1) is 29.3. The van der Waals surface area contributed by atoms with E-state index in [1.165, 1.54) is 24.3 Å². The van der Waals surface area contributed by atoms with E-state index in [0.29, 0.717) is 24.3 Å². The molecule has 12 heteroatoms. The van der Waals surface area contributed by atoms with Gasteiger partial charge >= 0.3 is 18.4 Å². The van der Waals surface area contributed by atoms with Gasteiger partial charge in [-0.2, -0.15) is 0 Å². The van der Waals surface area contributed by atoms with Crippen LogP contribution in [0.5, 0.6) is 5.75 Å². The van der Waals surface area contributed by atoms with Crippen molar-refractivity contribution in [3.8, 4) is 5.75 Å². The van der Waals surface area contributed by atoms with Gasteiger partial charge in [0.15, 0.2) is 0 Å². The largest absolute Gasteiger partial charge is 0.573 e. The number of amides is 4. The molecule has 9 nitrogen and oxygen atoms in total. The number of nitrogens with one attached hydrogen (secondary N) is 4. The number of carbonyl (C=O) groups excluding carboxylic acids is 2. The maximum atomic E-state index is 12.4. The molecule has 41 heavy (non-hydrogen) atoms. The van der Waals surface area contributed by atoms with Gasteiger partial charge in [-0.05, 0) is 78.4 Å². The number of hydrazine groups is 2. The first-order valence-electron chi connectivity index (χ1n) is 12.9. The summed E-state index contributed by atoms with van der Waals surface area (Å²) >= 11 is 0. The summed E-state index contributed by atoms with van der Waals surface area (Å²) in [5.41, 5.74) is 8.11. The van der Waals surface area contributed by atoms with E-state index < -0.39 is 18.4 Å². The first-order valence-corrected chi connectivity index (χ1v) is 12.9. The van der Waals surface area contributed by atoms with Crippen molar-refractivity contribution < 1.29 is 27.5 Å². The molecule has 0 unspecified atom stereocenters. The Labute approximate surface area is 235 Å². The molecule has 4 N–H and O–H groups in total. The van der Waals surface area contributed by atoms with Crippen LogP contribution in [0.2, 0.25) is 0 Å². The van der Waals surface area contributed by atoms with Crippen molar-refractivity contribution in [1.29, 1.82) is 0 Å². The van der Waals surface area contributed by atoms with Crippen LogP contribution in [-0.2, 0) is 6.42 Å². The van der Waals surface area contributed by atoms with Gasteiger partial charge in [-0.1, -0.05) is 38.1 Å². The van der Waals surface area contributed by atoms with Crippen LogP contribution >= 0.6 is 0 Å². The Morgan fingerprint density at radius 1 is 0.927 bits per heavy atom. The molecule has 1 aliphatic rings.